The summed E-state index contributed by atoms with van der Waals surface area (Å²) in [4.78, 5) is 10.2. The lowest BCUT2D eigenvalue weighted by atomic mass is 10.1. The maximum atomic E-state index is 10.2. The molecule has 0 heterocycles. The number of nitrogens with one attached hydrogen (secondary N) is 1. The van der Waals surface area contributed by atoms with Gasteiger partial charge in [-0.3, -0.25) is 4.79 Å². The van der Waals surface area contributed by atoms with Gasteiger partial charge in [-0.15, -0.1) is 0 Å². The van der Waals surface area contributed by atoms with E-state index in [0.29, 0.717) is 22.1 Å². The maximum absolute atomic E-state index is 10.2. The van der Waals surface area contributed by atoms with Gasteiger partial charge in [0.25, 0.3) is 0 Å². The Labute approximate surface area is 86.8 Å². The summed E-state index contributed by atoms with van der Waals surface area (Å²) in [5, 5.41) is 3.69. The fourth-order valence-electron chi connectivity index (χ4n) is 1.06. The third-order valence-electron chi connectivity index (χ3n) is 1.91. The normalized spacial score (nSPS) is 9.85. The molecule has 0 spiro atoms. The summed E-state index contributed by atoms with van der Waals surface area (Å²) >= 11 is 11.9. The Kier molecular flexibility index (Phi) is 3.17. The van der Waals surface area contributed by atoms with Gasteiger partial charge in [0.15, 0.2) is 0 Å². The molecule has 0 aliphatic rings. The number of carbonyl (C=O) groups is 1. The van der Waals surface area contributed by atoms with E-state index in [1.165, 1.54) is 0 Å². The van der Waals surface area contributed by atoms with Crippen LogP contribution in [0, 0.1) is 13.8 Å². The van der Waals surface area contributed by atoms with Crippen LogP contribution in [0.2, 0.25) is 10.0 Å². The van der Waals surface area contributed by atoms with Gasteiger partial charge in [0, 0.05) is 15.7 Å². The molecule has 1 rings (SSSR count). The summed E-state index contributed by atoms with van der Waals surface area (Å²) in [7, 11) is 0. The molecule has 0 aliphatic carbocycles. The molecule has 0 bridgehead atoms. The fraction of sp³-hybridized carbons (Fsp3) is 0.222. The SMILES string of the molecule is Cc1c(Cl)cc(NC=O)c(C)c1Cl. The first-order valence-electron chi connectivity index (χ1n) is 3.73. The molecule has 13 heavy (non-hydrogen) atoms. The zero-order valence-corrected chi connectivity index (χ0v) is 8.83. The predicted octanol–water partition coefficient (Wildman–Crippen LogP) is 3.18. The Hall–Kier alpha value is -0.730. The standard InChI is InChI=1S/C9H9Cl2NO/c1-5-7(10)3-8(12-4-13)6(2)9(5)11/h3-4H,1-2H3,(H,12,13). The number of amides is 1. The summed E-state index contributed by atoms with van der Waals surface area (Å²) in [6, 6.07) is 1.69. The van der Waals surface area contributed by atoms with Crippen molar-refractivity contribution in [3.05, 3.63) is 27.2 Å². The van der Waals surface area contributed by atoms with Gasteiger partial charge in [0.1, 0.15) is 0 Å². The summed E-state index contributed by atoms with van der Waals surface area (Å²) in [5.74, 6) is 0. The molecule has 0 saturated heterocycles. The highest BCUT2D eigenvalue weighted by molar-refractivity contribution is 6.37. The molecule has 0 saturated carbocycles. The molecule has 0 fully saturated rings. The van der Waals surface area contributed by atoms with Crippen molar-refractivity contribution in [3.8, 4) is 0 Å². The molecule has 0 atom stereocenters. The molecule has 1 aromatic carbocycles. The number of hydrogen-bond donors (Lipinski definition) is 1. The molecule has 0 radical (unpaired) electrons. The maximum Gasteiger partial charge on any atom is 0.211 e. The molecule has 70 valence electrons. The third-order valence-corrected chi connectivity index (χ3v) is 2.87. The van der Waals surface area contributed by atoms with Crippen LogP contribution in [0.25, 0.3) is 0 Å². The zero-order valence-electron chi connectivity index (χ0n) is 7.32. The summed E-state index contributed by atoms with van der Waals surface area (Å²) in [5.41, 5.74) is 2.31. The van der Waals surface area contributed by atoms with Crippen LogP contribution in [0.15, 0.2) is 6.07 Å². The van der Waals surface area contributed by atoms with Crippen LogP contribution in [0.3, 0.4) is 0 Å². The Morgan fingerprint density at radius 1 is 1.31 bits per heavy atom. The van der Waals surface area contributed by atoms with Crippen molar-refractivity contribution in [2.45, 2.75) is 13.8 Å². The molecule has 2 nitrogen and oxygen atoms in total. The van der Waals surface area contributed by atoms with Crippen LogP contribution in [-0.2, 0) is 4.79 Å². The summed E-state index contributed by atoms with van der Waals surface area (Å²) < 4.78 is 0. The minimum absolute atomic E-state index is 0.556. The zero-order chi connectivity index (χ0) is 10.0. The first kappa shape index (κ1) is 10.4. The number of benzene rings is 1. The molecule has 0 aliphatic heterocycles. The Morgan fingerprint density at radius 3 is 2.46 bits per heavy atom. The van der Waals surface area contributed by atoms with Gasteiger partial charge >= 0.3 is 0 Å². The molecule has 0 aromatic heterocycles. The quantitative estimate of drug-likeness (QED) is 0.759. The van der Waals surface area contributed by atoms with Gasteiger partial charge in [-0.05, 0) is 31.0 Å². The molecular formula is C9H9Cl2NO. The topological polar surface area (TPSA) is 29.1 Å². The van der Waals surface area contributed by atoms with E-state index in [-0.39, 0.29) is 0 Å². The van der Waals surface area contributed by atoms with Crippen molar-refractivity contribution in [2.75, 3.05) is 5.32 Å². The van der Waals surface area contributed by atoms with E-state index in [2.05, 4.69) is 5.32 Å². The van der Waals surface area contributed by atoms with E-state index >= 15 is 0 Å². The lowest BCUT2D eigenvalue weighted by Gasteiger charge is -2.09. The third kappa shape index (κ3) is 1.95. The largest absolute Gasteiger partial charge is 0.328 e. The van der Waals surface area contributed by atoms with Crippen LogP contribution >= 0.6 is 23.2 Å². The van der Waals surface area contributed by atoms with Gasteiger partial charge in [0.2, 0.25) is 6.41 Å². The minimum atomic E-state index is 0.556. The first-order valence-corrected chi connectivity index (χ1v) is 4.49. The second-order valence-electron chi connectivity index (χ2n) is 2.73. The minimum Gasteiger partial charge on any atom is -0.328 e. The van der Waals surface area contributed by atoms with E-state index < -0.39 is 0 Å². The van der Waals surface area contributed by atoms with Gasteiger partial charge in [-0.2, -0.15) is 0 Å². The summed E-state index contributed by atoms with van der Waals surface area (Å²) in [6.45, 7) is 3.67. The smallest absolute Gasteiger partial charge is 0.211 e. The highest BCUT2D eigenvalue weighted by Gasteiger charge is 2.08. The Morgan fingerprint density at radius 2 is 1.92 bits per heavy atom. The average molecular weight is 218 g/mol. The van der Waals surface area contributed by atoms with E-state index in [0.717, 1.165) is 11.1 Å². The van der Waals surface area contributed by atoms with Crippen molar-refractivity contribution in [2.24, 2.45) is 0 Å². The Bertz CT molecular complexity index is 350. The van der Waals surface area contributed by atoms with Crippen LogP contribution in [-0.4, -0.2) is 6.41 Å². The molecule has 1 aromatic rings. The molecule has 1 amide bonds. The fourth-order valence-corrected chi connectivity index (χ4v) is 1.52. The van der Waals surface area contributed by atoms with Crippen LogP contribution in [0.1, 0.15) is 11.1 Å². The lowest BCUT2D eigenvalue weighted by Crippen LogP contribution is -1.98. The van der Waals surface area contributed by atoms with Crippen molar-refractivity contribution in [3.63, 3.8) is 0 Å². The number of carbonyl (C=O) groups excluding carboxylic acids is 1. The van der Waals surface area contributed by atoms with E-state index in [1.54, 1.807) is 6.07 Å². The first-order chi connectivity index (χ1) is 6.07. The van der Waals surface area contributed by atoms with Gasteiger partial charge in [0.05, 0.1) is 0 Å². The number of anilines is 1. The van der Waals surface area contributed by atoms with Crippen LogP contribution in [0.4, 0.5) is 5.69 Å². The van der Waals surface area contributed by atoms with Crippen molar-refractivity contribution < 1.29 is 4.79 Å². The second-order valence-corrected chi connectivity index (χ2v) is 3.52. The van der Waals surface area contributed by atoms with E-state index in [1.807, 2.05) is 13.8 Å². The van der Waals surface area contributed by atoms with E-state index in [9.17, 15) is 4.79 Å². The predicted molar refractivity (Wildman–Crippen MR) is 55.6 cm³/mol. The highest BCUT2D eigenvalue weighted by Crippen LogP contribution is 2.32. The van der Waals surface area contributed by atoms with Crippen LogP contribution < -0.4 is 5.32 Å². The van der Waals surface area contributed by atoms with Gasteiger partial charge < -0.3 is 5.32 Å². The van der Waals surface area contributed by atoms with E-state index in [4.69, 9.17) is 23.2 Å². The number of hydrogen-bond acceptors (Lipinski definition) is 1. The van der Waals surface area contributed by atoms with Crippen molar-refractivity contribution in [1.29, 1.82) is 0 Å². The van der Waals surface area contributed by atoms with Crippen molar-refractivity contribution >= 4 is 35.3 Å². The number of rotatable bonds is 2. The number of halogens is 2. The molecular weight excluding hydrogens is 209 g/mol. The van der Waals surface area contributed by atoms with Crippen LogP contribution in [0.5, 0.6) is 0 Å². The lowest BCUT2D eigenvalue weighted by molar-refractivity contribution is -0.105. The average Bonchev–Trinajstić information content (AvgIpc) is 2.11. The highest BCUT2D eigenvalue weighted by atomic mass is 35.5. The van der Waals surface area contributed by atoms with Gasteiger partial charge in [-0.1, -0.05) is 23.2 Å². The van der Waals surface area contributed by atoms with Crippen molar-refractivity contribution in [1.82, 2.24) is 0 Å². The second kappa shape index (κ2) is 3.99. The summed E-state index contributed by atoms with van der Waals surface area (Å²) in [6.07, 6.45) is 0.602. The monoisotopic (exact) mass is 217 g/mol. The molecule has 0 unspecified atom stereocenters. The van der Waals surface area contributed by atoms with Gasteiger partial charge in [-0.25, -0.2) is 0 Å². The molecule has 4 heteroatoms. The molecule has 1 N–H and O–H groups in total. The Balaban J connectivity index is 3.31.